The summed E-state index contributed by atoms with van der Waals surface area (Å²) in [6.45, 7) is 20.5. The summed E-state index contributed by atoms with van der Waals surface area (Å²) >= 11 is 0. The van der Waals surface area contributed by atoms with Crippen LogP contribution in [0.25, 0.3) is 0 Å². The highest BCUT2D eigenvalue weighted by Gasteiger charge is 2.76. The van der Waals surface area contributed by atoms with Gasteiger partial charge >= 0.3 is 11.9 Å². The Morgan fingerprint density at radius 3 is 1.95 bits per heavy atom. The van der Waals surface area contributed by atoms with E-state index in [0.29, 0.717) is 30.4 Å². The molecule has 0 saturated heterocycles. The van der Waals surface area contributed by atoms with Gasteiger partial charge in [-0.3, -0.25) is 0 Å². The quantitative estimate of drug-likeness (QED) is 0.187. The number of aliphatic hydroxyl groups excluding tert-OH is 1. The highest BCUT2D eigenvalue weighted by molar-refractivity contribution is 5.91. The Bertz CT molecular complexity index is 1870. The molecule has 12 atom stereocenters. The van der Waals surface area contributed by atoms with Crippen LogP contribution in [-0.2, 0) is 9.47 Å². The number of phenolic OH excluding ortho intramolecular Hbond substituents is 2. The molecule has 0 radical (unpaired) electrons. The average molecular weight is 759 g/mol. The van der Waals surface area contributed by atoms with Gasteiger partial charge in [-0.2, -0.15) is 0 Å². The van der Waals surface area contributed by atoms with Crippen LogP contribution in [0.3, 0.4) is 0 Å². The summed E-state index contributed by atoms with van der Waals surface area (Å²) in [6.07, 6.45) is 5.12. The van der Waals surface area contributed by atoms with Crippen LogP contribution < -0.4 is 9.47 Å². The number of hydrogen-bond acceptors (Lipinski definition) is 9. The lowest BCUT2D eigenvalue weighted by Crippen LogP contribution is -2.73. The van der Waals surface area contributed by atoms with E-state index < -0.39 is 41.1 Å². The maximum absolute atomic E-state index is 14.4. The van der Waals surface area contributed by atoms with E-state index in [1.165, 1.54) is 38.0 Å². The van der Waals surface area contributed by atoms with Gasteiger partial charge in [0.2, 0.25) is 0 Å². The van der Waals surface area contributed by atoms with E-state index in [1.54, 1.807) is 18.2 Å². The first-order chi connectivity index (χ1) is 25.8. The molecule has 0 aliphatic heterocycles. The molecule has 5 aliphatic rings. The van der Waals surface area contributed by atoms with Gasteiger partial charge < -0.3 is 34.3 Å². The third-order valence-corrected chi connectivity index (χ3v) is 16.7. The van der Waals surface area contributed by atoms with Crippen molar-refractivity contribution in [1.82, 2.24) is 0 Å². The SMILES string of the molecule is C=C(C)[C@@H]1CC[C@]2(C)C[C@@H](OC(=O)c3ccc(O)c(OC)c3)[C@]3(C)[C@H](C[C@@H](OC(=O)c4ccc(O)c(OC)c4)[C@@H]4[C@@]5(C)CC[C@H](O)C(C)(C)[C@@H]5CC[C@]43C)[C@H]12. The number of aromatic hydroxyl groups is 2. The minimum absolute atomic E-state index is 0.0262. The summed E-state index contributed by atoms with van der Waals surface area (Å²) in [5.41, 5.74) is 0.0332. The molecular formula is C46H62O9. The van der Waals surface area contributed by atoms with Crippen molar-refractivity contribution in [3.63, 3.8) is 0 Å². The van der Waals surface area contributed by atoms with Crippen LogP contribution in [0.2, 0.25) is 0 Å². The van der Waals surface area contributed by atoms with Crippen molar-refractivity contribution in [1.29, 1.82) is 0 Å². The lowest BCUT2D eigenvalue weighted by molar-refractivity contribution is -0.298. The van der Waals surface area contributed by atoms with Crippen molar-refractivity contribution < 1.29 is 43.9 Å². The third kappa shape index (κ3) is 5.79. The van der Waals surface area contributed by atoms with Crippen LogP contribution in [0.1, 0.15) is 121 Å². The van der Waals surface area contributed by atoms with Crippen molar-refractivity contribution in [3.05, 3.63) is 59.7 Å². The van der Waals surface area contributed by atoms with Gasteiger partial charge in [0.25, 0.3) is 0 Å². The van der Waals surface area contributed by atoms with Crippen LogP contribution in [0.5, 0.6) is 23.0 Å². The van der Waals surface area contributed by atoms with E-state index >= 15 is 0 Å². The highest BCUT2D eigenvalue weighted by Crippen LogP contribution is 2.78. The van der Waals surface area contributed by atoms with Crippen molar-refractivity contribution in [2.24, 2.45) is 56.7 Å². The molecule has 0 spiro atoms. The minimum Gasteiger partial charge on any atom is -0.504 e. The smallest absolute Gasteiger partial charge is 0.338 e. The fourth-order valence-electron chi connectivity index (χ4n) is 13.9. The molecule has 300 valence electrons. The predicted octanol–water partition coefficient (Wildman–Crippen LogP) is 9.12. The van der Waals surface area contributed by atoms with Gasteiger partial charge in [-0.05, 0) is 140 Å². The van der Waals surface area contributed by atoms with E-state index in [-0.39, 0.29) is 68.8 Å². The lowest BCUT2D eigenvalue weighted by atomic mass is 9.31. The maximum Gasteiger partial charge on any atom is 0.338 e. The van der Waals surface area contributed by atoms with Crippen molar-refractivity contribution >= 4 is 11.9 Å². The molecule has 0 aromatic heterocycles. The predicted molar refractivity (Wildman–Crippen MR) is 209 cm³/mol. The minimum atomic E-state index is -0.518. The van der Waals surface area contributed by atoms with E-state index in [4.69, 9.17) is 18.9 Å². The van der Waals surface area contributed by atoms with Crippen LogP contribution in [0.15, 0.2) is 48.6 Å². The first kappa shape index (κ1) is 39.5. The molecule has 9 heteroatoms. The van der Waals surface area contributed by atoms with E-state index in [2.05, 4.69) is 55.0 Å². The third-order valence-electron chi connectivity index (χ3n) is 16.7. The molecule has 0 amide bonds. The molecule has 55 heavy (non-hydrogen) atoms. The summed E-state index contributed by atoms with van der Waals surface area (Å²) in [5.74, 6) is 0.0180. The van der Waals surface area contributed by atoms with Crippen molar-refractivity contribution in [2.45, 2.75) is 118 Å². The number of esters is 2. The second-order valence-electron chi connectivity index (χ2n) is 19.5. The second-order valence-corrected chi connectivity index (χ2v) is 19.5. The number of carbonyl (C=O) groups is 2. The molecule has 2 aromatic carbocycles. The highest BCUT2D eigenvalue weighted by atomic mass is 16.6. The lowest BCUT2D eigenvalue weighted by Gasteiger charge is -2.74. The van der Waals surface area contributed by atoms with Gasteiger partial charge in [-0.15, -0.1) is 0 Å². The van der Waals surface area contributed by atoms with Crippen molar-refractivity contribution in [2.75, 3.05) is 14.2 Å². The van der Waals surface area contributed by atoms with Crippen LogP contribution in [-0.4, -0.2) is 59.8 Å². The molecule has 9 nitrogen and oxygen atoms in total. The number of rotatable bonds is 7. The normalized spacial score (nSPS) is 40.0. The number of allylic oxidation sites excluding steroid dienone is 1. The molecule has 0 unspecified atom stereocenters. The zero-order valence-corrected chi connectivity index (χ0v) is 34.2. The Kier molecular flexibility index (Phi) is 9.66. The number of methoxy groups -OCH3 is 2. The fraction of sp³-hybridized carbons (Fsp3) is 0.652. The standard InChI is InChI=1S/C46H62O9/c1-25(2)28-15-18-43(5)24-37(55-41(51)27-12-14-31(48)33(22-27)53-10)46(8)29(38(28)43)23-34(54-40(50)26-11-13-30(47)32(21-26)52-9)39-44(6)19-17-36(49)42(3,4)35(44)16-20-45(39,46)7/h11-14,21-22,28-29,34-39,47-49H,1,15-20,23-24H2,2-10H3/t28-,29+,34+,35-,36-,37+,38-,39+,43+,44-,45+,46-/m0/s1. The topological polar surface area (TPSA) is 132 Å². The second kappa shape index (κ2) is 13.5. The molecular weight excluding hydrogens is 696 g/mol. The van der Waals surface area contributed by atoms with Crippen LogP contribution in [0.4, 0.5) is 0 Å². The largest absolute Gasteiger partial charge is 0.504 e. The number of carbonyl (C=O) groups excluding carboxylic acids is 2. The van der Waals surface area contributed by atoms with Gasteiger partial charge in [0.15, 0.2) is 23.0 Å². The molecule has 0 bridgehead atoms. The van der Waals surface area contributed by atoms with Gasteiger partial charge in [0.1, 0.15) is 12.2 Å². The Hall–Kier alpha value is -3.72. The van der Waals surface area contributed by atoms with Gasteiger partial charge in [0, 0.05) is 11.3 Å². The van der Waals surface area contributed by atoms with Crippen LogP contribution >= 0.6 is 0 Å². The summed E-state index contributed by atoms with van der Waals surface area (Å²) in [6, 6.07) is 9.17. The Morgan fingerprint density at radius 2 is 1.38 bits per heavy atom. The summed E-state index contributed by atoms with van der Waals surface area (Å²) in [4.78, 5) is 28.6. The molecule has 3 N–H and O–H groups in total. The molecule has 5 aliphatic carbocycles. The number of aliphatic hydroxyl groups is 1. The first-order valence-corrected chi connectivity index (χ1v) is 20.3. The molecule has 7 rings (SSSR count). The number of phenols is 2. The van der Waals surface area contributed by atoms with Gasteiger partial charge in [0.05, 0.1) is 31.5 Å². The Morgan fingerprint density at radius 1 is 0.800 bits per heavy atom. The van der Waals surface area contributed by atoms with Crippen molar-refractivity contribution in [3.8, 4) is 23.0 Å². The van der Waals surface area contributed by atoms with E-state index in [0.717, 1.165) is 32.1 Å². The van der Waals surface area contributed by atoms with E-state index in [1.807, 2.05) is 0 Å². The number of benzene rings is 2. The first-order valence-electron chi connectivity index (χ1n) is 20.3. The molecule has 2 aromatic rings. The van der Waals surface area contributed by atoms with Gasteiger partial charge in [-0.25, -0.2) is 9.59 Å². The number of hydrogen-bond donors (Lipinski definition) is 3. The van der Waals surface area contributed by atoms with Gasteiger partial charge in [-0.1, -0.05) is 53.7 Å². The van der Waals surface area contributed by atoms with Crippen LogP contribution in [0, 0.1) is 56.7 Å². The summed E-state index contributed by atoms with van der Waals surface area (Å²) in [7, 11) is 2.92. The monoisotopic (exact) mass is 758 g/mol. The fourth-order valence-corrected chi connectivity index (χ4v) is 13.9. The summed E-state index contributed by atoms with van der Waals surface area (Å²) < 4.78 is 24.4. The molecule has 5 fully saturated rings. The summed E-state index contributed by atoms with van der Waals surface area (Å²) in [5, 5.41) is 32.1. The average Bonchev–Trinajstić information content (AvgIpc) is 3.48. The zero-order chi connectivity index (χ0) is 40.0. The maximum atomic E-state index is 14.4. The van der Waals surface area contributed by atoms with E-state index in [9.17, 15) is 24.9 Å². The molecule has 5 saturated carbocycles. The molecule has 0 heterocycles. The number of ether oxygens (including phenoxy) is 4. The Labute approximate surface area is 326 Å². The zero-order valence-electron chi connectivity index (χ0n) is 34.2. The Balaban J connectivity index is 1.39. The number of fused-ring (bicyclic) bond motifs is 7.